The van der Waals surface area contributed by atoms with Gasteiger partial charge in [0.25, 0.3) is 0 Å². The Kier molecular flexibility index (Phi) is 3.18. The van der Waals surface area contributed by atoms with Gasteiger partial charge in [0, 0.05) is 0 Å². The van der Waals surface area contributed by atoms with Gasteiger partial charge >= 0.3 is 0 Å². The Labute approximate surface area is 131 Å². The SMILES string of the molecule is CCC1=CC[C@H]2C3=CCC4CCCC[C@]4(C)[C@H]3CC[C@]12C. The van der Waals surface area contributed by atoms with Gasteiger partial charge < -0.3 is 0 Å². The van der Waals surface area contributed by atoms with Crippen molar-refractivity contribution in [2.45, 2.75) is 78.6 Å². The molecule has 0 amide bonds. The first-order valence-corrected chi connectivity index (χ1v) is 9.49. The molecular formula is C21H32. The predicted molar refractivity (Wildman–Crippen MR) is 90.1 cm³/mol. The summed E-state index contributed by atoms with van der Waals surface area (Å²) in [5.41, 5.74) is 4.81. The van der Waals surface area contributed by atoms with E-state index in [2.05, 4.69) is 32.9 Å². The average Bonchev–Trinajstić information content (AvgIpc) is 2.83. The molecule has 0 radical (unpaired) electrons. The van der Waals surface area contributed by atoms with Crippen LogP contribution in [0.5, 0.6) is 0 Å². The fourth-order valence-corrected chi connectivity index (χ4v) is 6.77. The number of rotatable bonds is 1. The summed E-state index contributed by atoms with van der Waals surface area (Å²) >= 11 is 0. The molecule has 5 atom stereocenters. The van der Waals surface area contributed by atoms with Gasteiger partial charge in [-0.15, -0.1) is 0 Å². The van der Waals surface area contributed by atoms with E-state index in [9.17, 15) is 0 Å². The molecule has 4 aliphatic rings. The zero-order valence-corrected chi connectivity index (χ0v) is 14.3. The van der Waals surface area contributed by atoms with Crippen LogP contribution >= 0.6 is 0 Å². The van der Waals surface area contributed by atoms with E-state index in [0.29, 0.717) is 10.8 Å². The number of allylic oxidation sites excluding steroid dienone is 4. The van der Waals surface area contributed by atoms with Crippen molar-refractivity contribution in [3.05, 3.63) is 23.3 Å². The van der Waals surface area contributed by atoms with Crippen LogP contribution in [0.4, 0.5) is 0 Å². The number of hydrogen-bond donors (Lipinski definition) is 0. The van der Waals surface area contributed by atoms with Crippen LogP contribution in [-0.2, 0) is 0 Å². The summed E-state index contributed by atoms with van der Waals surface area (Å²) in [6.45, 7) is 7.59. The second kappa shape index (κ2) is 4.74. The van der Waals surface area contributed by atoms with E-state index in [1.807, 2.05) is 5.57 Å². The van der Waals surface area contributed by atoms with E-state index in [1.54, 1.807) is 5.57 Å². The van der Waals surface area contributed by atoms with Crippen LogP contribution in [0.25, 0.3) is 0 Å². The van der Waals surface area contributed by atoms with Crippen molar-refractivity contribution in [2.24, 2.45) is 28.6 Å². The summed E-state index contributed by atoms with van der Waals surface area (Å²) in [6, 6.07) is 0. The highest BCUT2D eigenvalue weighted by Gasteiger charge is 2.54. The van der Waals surface area contributed by atoms with Crippen LogP contribution in [-0.4, -0.2) is 0 Å². The molecule has 0 aliphatic heterocycles. The minimum atomic E-state index is 0.509. The Morgan fingerprint density at radius 1 is 1.00 bits per heavy atom. The van der Waals surface area contributed by atoms with Gasteiger partial charge in [-0.25, -0.2) is 0 Å². The van der Waals surface area contributed by atoms with E-state index in [4.69, 9.17) is 0 Å². The van der Waals surface area contributed by atoms with E-state index in [1.165, 1.54) is 57.8 Å². The summed E-state index contributed by atoms with van der Waals surface area (Å²) in [4.78, 5) is 0. The zero-order chi connectivity index (χ0) is 14.7. The third-order valence-electron chi connectivity index (χ3n) is 8.13. The lowest BCUT2D eigenvalue weighted by atomic mass is 9.48. The summed E-state index contributed by atoms with van der Waals surface area (Å²) < 4.78 is 0. The lowest BCUT2D eigenvalue weighted by Crippen LogP contribution is -2.47. The van der Waals surface area contributed by atoms with Crippen molar-refractivity contribution in [2.75, 3.05) is 0 Å². The molecule has 0 heterocycles. The fraction of sp³-hybridized carbons (Fsp3) is 0.810. The zero-order valence-electron chi connectivity index (χ0n) is 14.3. The molecule has 0 aromatic carbocycles. The molecular weight excluding hydrogens is 252 g/mol. The van der Waals surface area contributed by atoms with Crippen LogP contribution in [0.3, 0.4) is 0 Å². The van der Waals surface area contributed by atoms with E-state index in [0.717, 1.165) is 17.8 Å². The van der Waals surface area contributed by atoms with Crippen molar-refractivity contribution >= 4 is 0 Å². The smallest absolute Gasteiger partial charge is 0.00478 e. The lowest BCUT2D eigenvalue weighted by Gasteiger charge is -2.56. The van der Waals surface area contributed by atoms with Crippen molar-refractivity contribution in [3.8, 4) is 0 Å². The maximum absolute atomic E-state index is 2.72. The topological polar surface area (TPSA) is 0 Å². The highest BCUT2D eigenvalue weighted by atomic mass is 14.6. The van der Waals surface area contributed by atoms with E-state index >= 15 is 0 Å². The highest BCUT2D eigenvalue weighted by Crippen LogP contribution is 2.64. The molecule has 0 spiro atoms. The van der Waals surface area contributed by atoms with Gasteiger partial charge in [-0.3, -0.25) is 0 Å². The Morgan fingerprint density at radius 2 is 1.86 bits per heavy atom. The van der Waals surface area contributed by atoms with Crippen molar-refractivity contribution in [1.29, 1.82) is 0 Å². The molecule has 0 aromatic rings. The van der Waals surface area contributed by atoms with Crippen LogP contribution < -0.4 is 0 Å². The molecule has 1 unspecified atom stereocenters. The number of fused-ring (bicyclic) bond motifs is 5. The van der Waals surface area contributed by atoms with Gasteiger partial charge in [0.05, 0.1) is 0 Å². The summed E-state index contributed by atoms with van der Waals surface area (Å²) in [5, 5.41) is 0. The largest absolute Gasteiger partial charge is 0.0844 e. The van der Waals surface area contributed by atoms with Crippen LogP contribution in [0.15, 0.2) is 23.3 Å². The maximum Gasteiger partial charge on any atom is -0.00478 e. The quantitative estimate of drug-likeness (QED) is 0.497. The monoisotopic (exact) mass is 284 g/mol. The van der Waals surface area contributed by atoms with E-state index < -0.39 is 0 Å². The molecule has 116 valence electrons. The normalized spacial score (nSPS) is 48.8. The summed E-state index contributed by atoms with van der Waals surface area (Å²) in [7, 11) is 0. The van der Waals surface area contributed by atoms with Crippen LogP contribution in [0.1, 0.15) is 78.6 Å². The number of hydrogen-bond acceptors (Lipinski definition) is 0. The summed E-state index contributed by atoms with van der Waals surface area (Å²) in [5.74, 6) is 2.76. The van der Waals surface area contributed by atoms with Crippen molar-refractivity contribution in [1.82, 2.24) is 0 Å². The third kappa shape index (κ3) is 1.80. The second-order valence-corrected chi connectivity index (χ2v) is 8.77. The summed E-state index contributed by atoms with van der Waals surface area (Å²) in [6.07, 6.45) is 18.2. The van der Waals surface area contributed by atoms with Crippen molar-refractivity contribution in [3.63, 3.8) is 0 Å². The standard InChI is InChI=1S/C21H32/c1-4-15-9-11-18-17-10-8-16-7-5-6-13-20(16,2)19(17)12-14-21(15,18)3/h9-10,16,18-19H,4-8,11-14H2,1-3H3/t16?,18-,19-,20-,21+/m0/s1. The van der Waals surface area contributed by atoms with Gasteiger partial charge in [0.1, 0.15) is 0 Å². The molecule has 4 aliphatic carbocycles. The maximum atomic E-state index is 2.72. The van der Waals surface area contributed by atoms with E-state index in [-0.39, 0.29) is 0 Å². The fourth-order valence-electron chi connectivity index (χ4n) is 6.77. The molecule has 0 aromatic heterocycles. The molecule has 0 saturated heterocycles. The Bertz CT molecular complexity index is 496. The highest BCUT2D eigenvalue weighted by molar-refractivity contribution is 5.35. The first kappa shape index (κ1) is 14.1. The third-order valence-corrected chi connectivity index (χ3v) is 8.13. The second-order valence-electron chi connectivity index (χ2n) is 8.77. The molecule has 0 nitrogen and oxygen atoms in total. The lowest BCUT2D eigenvalue weighted by molar-refractivity contribution is 0.0125. The molecule has 0 N–H and O–H groups in total. The minimum Gasteiger partial charge on any atom is -0.0844 e. The van der Waals surface area contributed by atoms with Gasteiger partial charge in [-0.2, -0.15) is 0 Å². The Hall–Kier alpha value is -0.520. The molecule has 4 rings (SSSR count). The van der Waals surface area contributed by atoms with Gasteiger partial charge in [0.15, 0.2) is 0 Å². The first-order chi connectivity index (χ1) is 10.1. The van der Waals surface area contributed by atoms with Crippen molar-refractivity contribution < 1.29 is 0 Å². The Balaban J connectivity index is 1.70. The first-order valence-electron chi connectivity index (χ1n) is 9.49. The predicted octanol–water partition coefficient (Wildman–Crippen LogP) is 6.29. The molecule has 21 heavy (non-hydrogen) atoms. The molecule has 2 saturated carbocycles. The van der Waals surface area contributed by atoms with Gasteiger partial charge in [-0.05, 0) is 73.5 Å². The van der Waals surface area contributed by atoms with Crippen LogP contribution in [0, 0.1) is 28.6 Å². The minimum absolute atomic E-state index is 0.509. The molecule has 2 fully saturated rings. The average molecular weight is 284 g/mol. The molecule has 0 heteroatoms. The Morgan fingerprint density at radius 3 is 2.67 bits per heavy atom. The molecule has 0 bridgehead atoms. The van der Waals surface area contributed by atoms with Crippen LogP contribution in [0.2, 0.25) is 0 Å². The van der Waals surface area contributed by atoms with Gasteiger partial charge in [0.2, 0.25) is 0 Å². The van der Waals surface area contributed by atoms with Gasteiger partial charge in [-0.1, -0.05) is 56.9 Å².